The Balaban J connectivity index is 2.25. The van der Waals surface area contributed by atoms with Gasteiger partial charge >= 0.3 is 6.18 Å². The lowest BCUT2D eigenvalue weighted by Gasteiger charge is -2.11. The van der Waals surface area contributed by atoms with Crippen LogP contribution in [0.2, 0.25) is 0 Å². The predicted molar refractivity (Wildman–Crippen MR) is 78.5 cm³/mol. The fourth-order valence-electron chi connectivity index (χ4n) is 1.78. The molecule has 0 radical (unpaired) electrons. The summed E-state index contributed by atoms with van der Waals surface area (Å²) in [5.74, 6) is -0.699. The molecule has 0 aliphatic carbocycles. The summed E-state index contributed by atoms with van der Waals surface area (Å²) in [5.41, 5.74) is -0.844. The second kappa shape index (κ2) is 6.56. The van der Waals surface area contributed by atoms with Gasteiger partial charge in [-0.2, -0.15) is 23.7 Å². The molecule has 1 N–H and O–H groups in total. The highest BCUT2D eigenvalue weighted by Crippen LogP contribution is 2.22. The van der Waals surface area contributed by atoms with Gasteiger partial charge in [0.2, 0.25) is 0 Å². The van der Waals surface area contributed by atoms with Crippen molar-refractivity contribution in [2.45, 2.75) is 12.7 Å². The van der Waals surface area contributed by atoms with E-state index < -0.39 is 24.2 Å². The molecule has 0 bridgehead atoms. The molecule has 2 aromatic heterocycles. The van der Waals surface area contributed by atoms with Crippen LogP contribution >= 0.6 is 11.3 Å². The zero-order chi connectivity index (χ0) is 17.9. The second-order valence-corrected chi connectivity index (χ2v) is 5.58. The number of anilines is 1. The summed E-state index contributed by atoms with van der Waals surface area (Å²) in [6.07, 6.45) is -3.71. The van der Waals surface area contributed by atoms with E-state index in [0.717, 1.165) is 29.7 Å². The highest BCUT2D eigenvalue weighted by Gasteiger charge is 2.28. The van der Waals surface area contributed by atoms with Crippen molar-refractivity contribution in [2.75, 3.05) is 5.32 Å². The minimum Gasteiger partial charge on any atom is -0.320 e. The van der Waals surface area contributed by atoms with Gasteiger partial charge in [0, 0.05) is 12.3 Å². The summed E-state index contributed by atoms with van der Waals surface area (Å²) in [6, 6.07) is 6.82. The van der Waals surface area contributed by atoms with Crippen molar-refractivity contribution >= 4 is 22.9 Å². The van der Waals surface area contributed by atoms with E-state index in [-0.39, 0.29) is 21.0 Å². The Labute approximate surface area is 137 Å². The molecule has 0 aliphatic rings. The monoisotopic (exact) mass is 352 g/mol. The van der Waals surface area contributed by atoms with E-state index in [1.54, 1.807) is 12.1 Å². The zero-order valence-corrected chi connectivity index (χ0v) is 12.5. The normalized spacial score (nSPS) is 10.7. The number of thiophene rings is 1. The SMILES string of the molecule is N#Cc1cc(C(=O)Nc2ccc(=O)n(CC(F)(F)F)c2)sc1C#N. The fourth-order valence-corrected chi connectivity index (χ4v) is 2.58. The van der Waals surface area contributed by atoms with Gasteiger partial charge in [-0.25, -0.2) is 0 Å². The molecule has 2 rings (SSSR count). The number of hydrogen-bond acceptors (Lipinski definition) is 5. The molecule has 0 aromatic carbocycles. The van der Waals surface area contributed by atoms with Crippen molar-refractivity contribution in [1.29, 1.82) is 10.5 Å². The van der Waals surface area contributed by atoms with E-state index in [1.165, 1.54) is 6.07 Å². The van der Waals surface area contributed by atoms with Crippen LogP contribution in [0.4, 0.5) is 18.9 Å². The molecule has 0 saturated carbocycles. The van der Waals surface area contributed by atoms with Crippen molar-refractivity contribution in [3.05, 3.63) is 50.1 Å². The molecular formula is C14H7F3N4O2S. The van der Waals surface area contributed by atoms with Crippen LogP contribution in [-0.4, -0.2) is 16.7 Å². The van der Waals surface area contributed by atoms with Crippen molar-refractivity contribution in [3.63, 3.8) is 0 Å². The van der Waals surface area contributed by atoms with Crippen LogP contribution in [0.1, 0.15) is 20.1 Å². The summed E-state index contributed by atoms with van der Waals surface area (Å²) in [7, 11) is 0. The molecule has 2 heterocycles. The van der Waals surface area contributed by atoms with E-state index in [1.807, 2.05) is 0 Å². The van der Waals surface area contributed by atoms with Crippen LogP contribution in [-0.2, 0) is 6.54 Å². The van der Waals surface area contributed by atoms with Gasteiger partial charge in [-0.05, 0) is 12.1 Å². The first-order chi connectivity index (χ1) is 11.2. The van der Waals surface area contributed by atoms with E-state index in [9.17, 15) is 22.8 Å². The maximum atomic E-state index is 12.4. The van der Waals surface area contributed by atoms with Gasteiger partial charge in [-0.15, -0.1) is 11.3 Å². The summed E-state index contributed by atoms with van der Waals surface area (Å²) < 4.78 is 37.6. The minimum atomic E-state index is -4.58. The van der Waals surface area contributed by atoms with Gasteiger partial charge in [-0.3, -0.25) is 9.59 Å². The molecule has 0 unspecified atom stereocenters. The lowest BCUT2D eigenvalue weighted by atomic mass is 10.2. The Kier molecular flexibility index (Phi) is 4.71. The van der Waals surface area contributed by atoms with Crippen molar-refractivity contribution in [2.24, 2.45) is 0 Å². The molecular weight excluding hydrogens is 345 g/mol. The number of nitrogens with zero attached hydrogens (tertiary/aromatic N) is 3. The average Bonchev–Trinajstić information content (AvgIpc) is 2.92. The van der Waals surface area contributed by atoms with Gasteiger partial charge in [0.1, 0.15) is 23.6 Å². The van der Waals surface area contributed by atoms with Crippen molar-refractivity contribution in [3.8, 4) is 12.1 Å². The lowest BCUT2D eigenvalue weighted by molar-refractivity contribution is -0.141. The lowest BCUT2D eigenvalue weighted by Crippen LogP contribution is -2.27. The number of alkyl halides is 3. The van der Waals surface area contributed by atoms with Crippen LogP contribution in [0.3, 0.4) is 0 Å². The van der Waals surface area contributed by atoms with Gasteiger partial charge in [0.05, 0.1) is 16.1 Å². The molecule has 1 amide bonds. The molecule has 0 fully saturated rings. The maximum Gasteiger partial charge on any atom is 0.406 e. The third kappa shape index (κ3) is 4.00. The third-order valence-electron chi connectivity index (χ3n) is 2.77. The number of halogens is 3. The standard InChI is InChI=1S/C14H7F3N4O2S/c15-14(16,17)7-21-6-9(1-2-12(21)22)20-13(23)10-3-8(4-18)11(5-19)24-10/h1-3,6H,7H2,(H,20,23). The summed E-state index contributed by atoms with van der Waals surface area (Å²) in [4.78, 5) is 23.6. The summed E-state index contributed by atoms with van der Waals surface area (Å²) in [5, 5.41) is 20.0. The number of nitriles is 2. The van der Waals surface area contributed by atoms with Crippen LogP contribution in [0.5, 0.6) is 0 Å². The number of amides is 1. The Morgan fingerprint density at radius 1 is 1.29 bits per heavy atom. The van der Waals surface area contributed by atoms with Gasteiger partial charge in [-0.1, -0.05) is 0 Å². The second-order valence-electron chi connectivity index (χ2n) is 4.53. The number of pyridine rings is 1. The summed E-state index contributed by atoms with van der Waals surface area (Å²) >= 11 is 0.785. The van der Waals surface area contributed by atoms with E-state index >= 15 is 0 Å². The fraction of sp³-hybridized carbons (Fsp3) is 0.143. The summed E-state index contributed by atoms with van der Waals surface area (Å²) in [6.45, 7) is -1.48. The first-order valence-electron chi connectivity index (χ1n) is 6.26. The van der Waals surface area contributed by atoms with Gasteiger partial charge < -0.3 is 9.88 Å². The molecule has 0 spiro atoms. The Bertz CT molecular complexity index is 900. The third-order valence-corrected chi connectivity index (χ3v) is 3.81. The number of hydrogen-bond donors (Lipinski definition) is 1. The maximum absolute atomic E-state index is 12.4. The van der Waals surface area contributed by atoms with Crippen molar-refractivity contribution < 1.29 is 18.0 Å². The zero-order valence-electron chi connectivity index (χ0n) is 11.7. The average molecular weight is 352 g/mol. The van der Waals surface area contributed by atoms with Crippen LogP contribution < -0.4 is 10.9 Å². The molecule has 2 aromatic rings. The molecule has 0 aliphatic heterocycles. The van der Waals surface area contributed by atoms with Gasteiger partial charge in [0.15, 0.2) is 0 Å². The molecule has 6 nitrogen and oxygen atoms in total. The number of aromatic nitrogens is 1. The predicted octanol–water partition coefficient (Wildman–Crippen LogP) is 2.47. The minimum absolute atomic E-state index is 0.0192. The smallest absolute Gasteiger partial charge is 0.320 e. The quantitative estimate of drug-likeness (QED) is 0.917. The molecule has 10 heteroatoms. The van der Waals surface area contributed by atoms with Gasteiger partial charge in [0.25, 0.3) is 11.5 Å². The number of nitrogens with one attached hydrogen (secondary N) is 1. The highest BCUT2D eigenvalue weighted by molar-refractivity contribution is 7.14. The first-order valence-corrected chi connectivity index (χ1v) is 7.08. The van der Waals surface area contributed by atoms with Crippen LogP contribution in [0, 0.1) is 22.7 Å². The van der Waals surface area contributed by atoms with Crippen LogP contribution in [0.15, 0.2) is 29.2 Å². The molecule has 122 valence electrons. The highest BCUT2D eigenvalue weighted by atomic mass is 32.1. The van der Waals surface area contributed by atoms with E-state index in [0.29, 0.717) is 4.57 Å². The number of rotatable bonds is 3. The molecule has 24 heavy (non-hydrogen) atoms. The van der Waals surface area contributed by atoms with E-state index in [2.05, 4.69) is 5.32 Å². The topological polar surface area (TPSA) is 98.7 Å². The van der Waals surface area contributed by atoms with Crippen molar-refractivity contribution in [1.82, 2.24) is 4.57 Å². The van der Waals surface area contributed by atoms with Crippen LogP contribution in [0.25, 0.3) is 0 Å². The number of carbonyl (C=O) groups is 1. The Morgan fingerprint density at radius 2 is 2.00 bits per heavy atom. The Hall–Kier alpha value is -3.11. The number of carbonyl (C=O) groups excluding carboxylic acids is 1. The van der Waals surface area contributed by atoms with E-state index in [4.69, 9.17) is 10.5 Å². The first kappa shape index (κ1) is 17.2. The largest absolute Gasteiger partial charge is 0.406 e. The Morgan fingerprint density at radius 3 is 2.54 bits per heavy atom. The molecule has 0 saturated heterocycles. The molecule has 0 atom stereocenters.